The van der Waals surface area contributed by atoms with E-state index in [0.717, 1.165) is 5.56 Å². The van der Waals surface area contributed by atoms with Crippen molar-refractivity contribution in [2.24, 2.45) is 0 Å². The molecule has 4 aromatic rings. The number of benzene rings is 2. The van der Waals surface area contributed by atoms with Gasteiger partial charge in [0.15, 0.2) is 0 Å². The highest BCUT2D eigenvalue weighted by Gasteiger charge is 2.15. The first-order chi connectivity index (χ1) is 16.1. The van der Waals surface area contributed by atoms with Crippen molar-refractivity contribution in [2.75, 3.05) is 5.32 Å². The molecule has 174 valence electrons. The summed E-state index contributed by atoms with van der Waals surface area (Å²) in [6, 6.07) is 13.9. The van der Waals surface area contributed by atoms with Crippen molar-refractivity contribution in [3.05, 3.63) is 82.0 Å². The molecular formula is C23H21N6O4S-. The molecule has 0 aliphatic rings. The van der Waals surface area contributed by atoms with Crippen LogP contribution in [0.2, 0.25) is 0 Å². The lowest BCUT2D eigenvalue weighted by Crippen LogP contribution is -2.12. The van der Waals surface area contributed by atoms with Crippen LogP contribution in [0.1, 0.15) is 27.4 Å². The second-order valence-electron chi connectivity index (χ2n) is 7.68. The molecule has 0 fully saturated rings. The number of carbonyl (C=O) groups is 1. The van der Waals surface area contributed by atoms with E-state index in [-0.39, 0.29) is 22.3 Å². The summed E-state index contributed by atoms with van der Waals surface area (Å²) in [5.74, 6) is -0.558. The molecule has 0 bridgehead atoms. The van der Waals surface area contributed by atoms with Crippen LogP contribution in [0, 0.1) is 20.8 Å². The second-order valence-corrected chi connectivity index (χ2v) is 9.29. The summed E-state index contributed by atoms with van der Waals surface area (Å²) in [6.45, 7) is 5.34. The zero-order valence-corrected chi connectivity index (χ0v) is 19.4. The van der Waals surface area contributed by atoms with E-state index in [1.165, 1.54) is 30.3 Å². The van der Waals surface area contributed by atoms with Gasteiger partial charge in [-0.15, -0.1) is 0 Å². The van der Waals surface area contributed by atoms with Crippen LogP contribution in [0.3, 0.4) is 0 Å². The molecule has 10 nitrogen and oxygen atoms in total. The molecule has 0 unspecified atom stereocenters. The standard InChI is InChI=1S/C23H22N6O4S/c1-13-4-9-21(30)18(10-13)19-12-20(28-27-19)22(31)26-16-5-7-17(8-6-16)34(32,33)29-23-24-14(2)11-15(3)25-23/h4-12H,1-3H3,(H4,24,25,26,27,28,29,30,31)/p-1. The van der Waals surface area contributed by atoms with Gasteiger partial charge in [-0.25, -0.2) is 8.42 Å². The Kier molecular flexibility index (Phi) is 6.03. The van der Waals surface area contributed by atoms with E-state index in [4.69, 9.17) is 0 Å². The Morgan fingerprint density at radius 2 is 1.65 bits per heavy atom. The second kappa shape index (κ2) is 8.94. The van der Waals surface area contributed by atoms with Crippen molar-refractivity contribution >= 4 is 27.6 Å². The lowest BCUT2D eigenvalue weighted by Gasteiger charge is -2.15. The predicted octanol–water partition coefficient (Wildman–Crippen LogP) is 4.14. The van der Waals surface area contributed by atoms with Crippen LogP contribution >= 0.6 is 0 Å². The van der Waals surface area contributed by atoms with E-state index in [1.807, 2.05) is 6.92 Å². The SMILES string of the molecule is Cc1ccc(O)c(-c2cc(C(=O)Nc3ccc(S(=O)(=O)[N-]c4nc(C)cc(C)n4)cc3)[nH]n2)c1. The fraction of sp³-hybridized carbons (Fsp3) is 0.130. The van der Waals surface area contributed by atoms with Crippen molar-refractivity contribution in [1.82, 2.24) is 20.2 Å². The topological polar surface area (TPSA) is 152 Å². The number of carbonyl (C=O) groups excluding carboxylic acids is 1. The first-order valence-corrected chi connectivity index (χ1v) is 11.6. The molecule has 0 radical (unpaired) electrons. The van der Waals surface area contributed by atoms with Crippen LogP contribution in [-0.2, 0) is 10.0 Å². The van der Waals surface area contributed by atoms with Gasteiger partial charge in [0.25, 0.3) is 5.91 Å². The first-order valence-electron chi connectivity index (χ1n) is 10.2. The van der Waals surface area contributed by atoms with E-state index < -0.39 is 15.9 Å². The average Bonchev–Trinajstić information content (AvgIpc) is 3.25. The molecule has 4 rings (SSSR count). The molecule has 34 heavy (non-hydrogen) atoms. The maximum absolute atomic E-state index is 12.6. The smallest absolute Gasteiger partial charge is 0.273 e. The van der Waals surface area contributed by atoms with Crippen molar-refractivity contribution in [3.63, 3.8) is 0 Å². The minimum Gasteiger partial charge on any atom is -0.507 e. The van der Waals surface area contributed by atoms with E-state index in [9.17, 15) is 18.3 Å². The maximum atomic E-state index is 12.6. The van der Waals surface area contributed by atoms with Crippen molar-refractivity contribution < 1.29 is 18.3 Å². The third kappa shape index (κ3) is 5.04. The number of nitrogens with zero attached hydrogens (tertiary/aromatic N) is 4. The Morgan fingerprint density at radius 3 is 2.32 bits per heavy atom. The zero-order chi connectivity index (χ0) is 24.5. The first kappa shape index (κ1) is 22.9. The number of aromatic nitrogens is 4. The summed E-state index contributed by atoms with van der Waals surface area (Å²) in [5, 5.41) is 19.5. The number of anilines is 1. The van der Waals surface area contributed by atoms with Gasteiger partial charge >= 0.3 is 0 Å². The van der Waals surface area contributed by atoms with Crippen LogP contribution in [-0.4, -0.2) is 39.6 Å². The Bertz CT molecular complexity index is 1460. The Labute approximate surface area is 196 Å². The summed E-state index contributed by atoms with van der Waals surface area (Å²) < 4.78 is 28.9. The fourth-order valence-electron chi connectivity index (χ4n) is 3.25. The minimum absolute atomic E-state index is 0.0532. The molecule has 2 aromatic carbocycles. The van der Waals surface area contributed by atoms with Crippen molar-refractivity contribution in [1.29, 1.82) is 0 Å². The van der Waals surface area contributed by atoms with E-state index in [2.05, 4.69) is 30.2 Å². The molecule has 1 amide bonds. The van der Waals surface area contributed by atoms with E-state index in [0.29, 0.717) is 28.3 Å². The molecule has 3 N–H and O–H groups in total. The third-order valence-corrected chi connectivity index (χ3v) is 6.10. The molecule has 0 aliphatic heterocycles. The summed E-state index contributed by atoms with van der Waals surface area (Å²) >= 11 is 0. The average molecular weight is 478 g/mol. The number of phenolic OH excluding ortho intramolecular Hbond substituents is 1. The van der Waals surface area contributed by atoms with Gasteiger partial charge in [-0.3, -0.25) is 14.6 Å². The highest BCUT2D eigenvalue weighted by atomic mass is 32.2. The summed E-state index contributed by atoms with van der Waals surface area (Å²) in [5.41, 5.74) is 3.63. The maximum Gasteiger partial charge on any atom is 0.273 e. The minimum atomic E-state index is -4.03. The highest BCUT2D eigenvalue weighted by molar-refractivity contribution is 7.94. The van der Waals surface area contributed by atoms with Gasteiger partial charge in [-0.05, 0) is 74.6 Å². The molecule has 2 aromatic heterocycles. The Morgan fingerprint density at radius 1 is 0.971 bits per heavy atom. The number of aromatic hydroxyl groups is 1. The zero-order valence-electron chi connectivity index (χ0n) is 18.6. The lowest BCUT2D eigenvalue weighted by atomic mass is 10.1. The summed E-state index contributed by atoms with van der Waals surface area (Å²) in [6.07, 6.45) is 0. The molecule has 0 spiro atoms. The van der Waals surface area contributed by atoms with Crippen molar-refractivity contribution in [2.45, 2.75) is 25.7 Å². The fourth-order valence-corrected chi connectivity index (χ4v) is 4.13. The molecule has 11 heteroatoms. The Balaban J connectivity index is 1.47. The molecular weight excluding hydrogens is 456 g/mol. The van der Waals surface area contributed by atoms with Gasteiger partial charge < -0.3 is 20.4 Å². The monoisotopic (exact) mass is 477 g/mol. The molecule has 0 saturated carbocycles. The normalized spacial score (nSPS) is 11.3. The number of amides is 1. The number of sulfonamides is 1. The number of aromatic amines is 1. The van der Waals surface area contributed by atoms with Crippen LogP contribution in [0.25, 0.3) is 16.0 Å². The third-order valence-electron chi connectivity index (χ3n) is 4.83. The highest BCUT2D eigenvalue weighted by Crippen LogP contribution is 2.29. The molecule has 0 aliphatic carbocycles. The van der Waals surface area contributed by atoms with Crippen molar-refractivity contribution in [3.8, 4) is 17.0 Å². The van der Waals surface area contributed by atoms with Gasteiger partial charge in [0, 0.05) is 17.2 Å². The van der Waals surface area contributed by atoms with Gasteiger partial charge in [-0.2, -0.15) is 5.10 Å². The molecule has 2 heterocycles. The number of hydrogen-bond acceptors (Lipinski definition) is 7. The van der Waals surface area contributed by atoms with Crippen LogP contribution in [0.4, 0.5) is 11.6 Å². The van der Waals surface area contributed by atoms with Gasteiger partial charge in [0.05, 0.1) is 10.6 Å². The van der Waals surface area contributed by atoms with Crippen LogP contribution < -0.4 is 5.32 Å². The predicted molar refractivity (Wildman–Crippen MR) is 127 cm³/mol. The Hall–Kier alpha value is -4.25. The largest absolute Gasteiger partial charge is 0.507 e. The number of rotatable bonds is 6. The van der Waals surface area contributed by atoms with Crippen LogP contribution in [0.5, 0.6) is 5.75 Å². The number of phenols is 1. The molecule has 0 atom stereocenters. The van der Waals surface area contributed by atoms with Crippen LogP contribution in [0.15, 0.2) is 59.5 Å². The summed E-state index contributed by atoms with van der Waals surface area (Å²) in [4.78, 5) is 20.6. The van der Waals surface area contributed by atoms with Gasteiger partial charge in [0.1, 0.15) is 11.4 Å². The number of aryl methyl sites for hydroxylation is 3. The quantitative estimate of drug-likeness (QED) is 0.377. The number of nitrogens with one attached hydrogen (secondary N) is 2. The van der Waals surface area contributed by atoms with Gasteiger partial charge in [-0.1, -0.05) is 17.7 Å². The number of H-pyrrole nitrogens is 1. The van der Waals surface area contributed by atoms with E-state index >= 15 is 0 Å². The van der Waals surface area contributed by atoms with Gasteiger partial charge in [0.2, 0.25) is 10.0 Å². The summed E-state index contributed by atoms with van der Waals surface area (Å²) in [7, 11) is -4.03. The number of hydrogen-bond donors (Lipinski definition) is 3. The lowest BCUT2D eigenvalue weighted by molar-refractivity contribution is 0.102. The van der Waals surface area contributed by atoms with E-state index in [1.54, 1.807) is 38.1 Å². The molecule has 0 saturated heterocycles.